The number of hydrogen-bond donors (Lipinski definition) is 18. The van der Waals surface area contributed by atoms with E-state index in [0.29, 0.717) is 0 Å². The third-order valence-electron chi connectivity index (χ3n) is 16.5. The van der Waals surface area contributed by atoms with Gasteiger partial charge in [0.05, 0.1) is 106 Å². The molecule has 5 aliphatic heterocycles. The smallest absolute Gasteiger partial charge is 0.313 e. The van der Waals surface area contributed by atoms with Crippen LogP contribution in [0.4, 0.5) is 0 Å². The molecule has 18 N–H and O–H groups in total. The lowest BCUT2D eigenvalue weighted by Crippen LogP contribution is -2.70. The molecule has 5 heterocycles. The summed E-state index contributed by atoms with van der Waals surface area (Å²) >= 11 is 0. The van der Waals surface area contributed by atoms with E-state index >= 15 is 0 Å². The van der Waals surface area contributed by atoms with Gasteiger partial charge in [-0.05, 0) is 33.1 Å². The van der Waals surface area contributed by atoms with Crippen LogP contribution in [-0.2, 0) is 47.5 Å². The molecule has 502 valence electrons. The van der Waals surface area contributed by atoms with E-state index in [2.05, 4.69) is 5.32 Å². The first-order valence-corrected chi connectivity index (χ1v) is 29.7. The lowest BCUT2D eigenvalue weighted by atomic mass is 9.82. The lowest BCUT2D eigenvalue weighted by Gasteiger charge is -2.48. The minimum Gasteiger partial charge on any atom is -0.469 e. The van der Waals surface area contributed by atoms with Crippen molar-refractivity contribution in [1.29, 1.82) is 0 Å². The molecular formula is C60H95NO27. The number of fused-ring (bicyclic) bond motifs is 2. The molecule has 0 amide bonds. The summed E-state index contributed by atoms with van der Waals surface area (Å²) in [7, 11) is 1.06. The highest BCUT2D eigenvalue weighted by Crippen LogP contribution is 2.39. The van der Waals surface area contributed by atoms with Gasteiger partial charge >= 0.3 is 11.9 Å². The van der Waals surface area contributed by atoms with Gasteiger partial charge in [0.2, 0.25) is 5.79 Å². The second-order valence-corrected chi connectivity index (χ2v) is 23.5. The van der Waals surface area contributed by atoms with E-state index in [1.165, 1.54) is 19.1 Å². The first kappa shape index (κ1) is 74.9. The molecular weight excluding hydrogens is 1170 g/mol. The van der Waals surface area contributed by atoms with E-state index in [0.717, 1.165) is 7.11 Å². The predicted octanol–water partition coefficient (Wildman–Crippen LogP) is -3.94. The Hall–Kier alpha value is -3.84. The molecule has 5 aliphatic rings. The average molecular weight is 1260 g/mol. The maximum Gasteiger partial charge on any atom is 0.313 e. The zero-order valence-electron chi connectivity index (χ0n) is 50.1. The van der Waals surface area contributed by atoms with Gasteiger partial charge in [0.15, 0.2) is 18.4 Å². The topological polar surface area (TPSA) is 464 Å². The second kappa shape index (κ2) is 35.3. The molecule has 88 heavy (non-hydrogen) atoms. The van der Waals surface area contributed by atoms with E-state index in [1.54, 1.807) is 86.8 Å². The number of esters is 2. The molecule has 0 radical (unpaired) electrons. The highest BCUT2D eigenvalue weighted by molar-refractivity contribution is 5.74. The third-order valence-corrected chi connectivity index (χ3v) is 16.5. The summed E-state index contributed by atoms with van der Waals surface area (Å²) in [5.74, 6) is -9.14. The van der Waals surface area contributed by atoms with Gasteiger partial charge in [-0.15, -0.1) is 0 Å². The molecule has 0 aromatic rings. The van der Waals surface area contributed by atoms with Crippen LogP contribution in [-0.4, -0.2) is 278 Å². The molecule has 4 saturated heterocycles. The van der Waals surface area contributed by atoms with Crippen molar-refractivity contribution in [3.8, 4) is 0 Å². The van der Waals surface area contributed by atoms with Crippen LogP contribution in [0.25, 0.3) is 0 Å². The molecule has 0 aromatic carbocycles. The first-order chi connectivity index (χ1) is 41.5. The van der Waals surface area contributed by atoms with Crippen molar-refractivity contribution < 1.29 is 134 Å². The van der Waals surface area contributed by atoms with E-state index in [9.17, 15) is 96.4 Å². The van der Waals surface area contributed by atoms with Crippen molar-refractivity contribution in [2.24, 2.45) is 17.8 Å². The summed E-state index contributed by atoms with van der Waals surface area (Å²) in [4.78, 5) is 26.1. The molecule has 4 fully saturated rings. The summed E-state index contributed by atoms with van der Waals surface area (Å²) in [6.45, 7) is 4.26. The van der Waals surface area contributed by atoms with Gasteiger partial charge in [0.1, 0.15) is 60.9 Å². The number of carbonyl (C=O) groups excluding carboxylic acids is 2. The minimum absolute atomic E-state index is 0.155. The van der Waals surface area contributed by atoms with Gasteiger partial charge in [-0.25, -0.2) is 0 Å². The third kappa shape index (κ3) is 21.4. The van der Waals surface area contributed by atoms with Gasteiger partial charge in [-0.2, -0.15) is 0 Å². The Bertz CT molecular complexity index is 2340. The standard InChI is InChI=1S/C60H95NO27/c1-31-18-16-14-12-10-8-6-7-9-11-13-15-17-19-38(85-57-51(74)47(49(72)34(4)84-57)61-30-60(80)55(77)54(42(69)29-82-60)87-58-53(76)52(75)50(73)44(28-62)86-58)25-43-46(56(78)81-5)41(68)27-59(79,88-43)26-37(65)23-40(67)39(66)21-20-35(63)22-36(64)24-45(70)83-33(3)32(2)48(31)71/h6-19,31-44,46-55,57-58,61-69,71-77,79-80H,20-30H2,1-5H3/t31-,32?,33-,34+,35+,36+,37-,38-,39+,40+,41-,42+,43?,44+,46?,47-,48+,49+,50+,51-,52-,53+,54+,55-,57?,58+,59+,60+/m0/s1. The highest BCUT2D eigenvalue weighted by atomic mass is 16.7. The molecule has 0 aromatic heterocycles. The Kier molecular flexibility index (Phi) is 30.0. The monoisotopic (exact) mass is 1260 g/mol. The first-order valence-electron chi connectivity index (χ1n) is 29.7. The van der Waals surface area contributed by atoms with Crippen molar-refractivity contribution in [2.75, 3.05) is 26.9 Å². The van der Waals surface area contributed by atoms with Crippen molar-refractivity contribution in [3.63, 3.8) is 0 Å². The van der Waals surface area contributed by atoms with Crippen LogP contribution in [0.5, 0.6) is 0 Å². The van der Waals surface area contributed by atoms with Gasteiger partial charge in [-0.3, -0.25) is 9.59 Å². The molecule has 0 saturated carbocycles. The number of aliphatic hydroxyl groups excluding tert-OH is 15. The summed E-state index contributed by atoms with van der Waals surface area (Å²) in [5, 5.41) is 189. The van der Waals surface area contributed by atoms with E-state index in [1.807, 2.05) is 6.92 Å². The highest BCUT2D eigenvalue weighted by Gasteiger charge is 2.55. The molecule has 5 rings (SSSR count). The number of carbonyl (C=O) groups is 2. The minimum atomic E-state index is -2.67. The Morgan fingerprint density at radius 2 is 1.22 bits per heavy atom. The largest absolute Gasteiger partial charge is 0.469 e. The zero-order valence-corrected chi connectivity index (χ0v) is 50.1. The fourth-order valence-electron chi connectivity index (χ4n) is 11.1. The summed E-state index contributed by atoms with van der Waals surface area (Å²) in [6.07, 6.45) is -14.0. The molecule has 2 bridgehead atoms. The van der Waals surface area contributed by atoms with Crippen molar-refractivity contribution in [3.05, 3.63) is 85.1 Å². The molecule has 28 atom stereocenters. The number of hydrogen-bond acceptors (Lipinski definition) is 28. The van der Waals surface area contributed by atoms with Crippen LogP contribution in [0.3, 0.4) is 0 Å². The molecule has 0 aliphatic carbocycles. The fourth-order valence-corrected chi connectivity index (χ4v) is 11.1. The Balaban J connectivity index is 1.38. The van der Waals surface area contributed by atoms with Crippen LogP contribution < -0.4 is 5.32 Å². The Morgan fingerprint density at radius 1 is 0.614 bits per heavy atom. The van der Waals surface area contributed by atoms with Gasteiger partial charge < -0.3 is 130 Å². The maximum atomic E-state index is 13.4. The van der Waals surface area contributed by atoms with E-state index in [-0.39, 0.29) is 25.2 Å². The summed E-state index contributed by atoms with van der Waals surface area (Å²) in [6, 6.07) is -1.47. The number of methoxy groups -OCH3 is 1. The number of allylic oxidation sites excluding steroid dienone is 12. The van der Waals surface area contributed by atoms with Crippen LogP contribution in [0, 0.1) is 17.8 Å². The van der Waals surface area contributed by atoms with E-state index < -0.39 is 228 Å². The lowest BCUT2D eigenvalue weighted by molar-refractivity contribution is -0.368. The Morgan fingerprint density at radius 3 is 1.83 bits per heavy atom. The zero-order chi connectivity index (χ0) is 65.2. The van der Waals surface area contributed by atoms with Crippen LogP contribution in [0.2, 0.25) is 0 Å². The number of aliphatic hydroxyl groups is 17. The summed E-state index contributed by atoms with van der Waals surface area (Å²) in [5.41, 5.74) is 0. The molecule has 4 unspecified atom stereocenters. The van der Waals surface area contributed by atoms with Crippen molar-refractivity contribution >= 4 is 11.9 Å². The predicted molar refractivity (Wildman–Crippen MR) is 307 cm³/mol. The SMILES string of the molecule is COC(=O)C1C2C[C@@H](OC3O[C@H](C)[C@@H](O)[C@H](NC[C@@]4(O)OC[C@@H](O)[C@@H](O[C@H]5O[C@H](CO)[C@@H](O)[C@H](O)[C@H]5O)[C@@H]4O)[C@@H]3O)C=CC=CC=CC=CC=CC=CC=C[C@H](C)[C@@H](O)C(C)[C@H](C)OC(=O)C[C@H](O)C[C@H](O)CC[C@@H](O)[C@H](O)C[C@H](O)C[C@](O)(C[C@@H]1O)O2. The number of rotatable bonds is 9. The van der Waals surface area contributed by atoms with Crippen LogP contribution >= 0.6 is 0 Å². The molecule has 28 nitrogen and oxygen atoms in total. The van der Waals surface area contributed by atoms with Crippen LogP contribution in [0.1, 0.15) is 79.1 Å². The van der Waals surface area contributed by atoms with Crippen molar-refractivity contribution in [1.82, 2.24) is 5.32 Å². The van der Waals surface area contributed by atoms with Crippen molar-refractivity contribution in [2.45, 2.75) is 231 Å². The normalized spacial score (nSPS) is 44.7. The Labute approximate surface area is 511 Å². The maximum absolute atomic E-state index is 13.4. The van der Waals surface area contributed by atoms with Gasteiger partial charge in [0, 0.05) is 37.5 Å². The van der Waals surface area contributed by atoms with Gasteiger partial charge in [-0.1, -0.05) is 98.9 Å². The molecule has 28 heteroatoms. The van der Waals surface area contributed by atoms with Crippen LogP contribution in [0.15, 0.2) is 85.1 Å². The quantitative estimate of drug-likeness (QED) is 0.0980. The fraction of sp³-hybridized carbons (Fsp3) is 0.733. The number of ether oxygens (including phenoxy) is 8. The van der Waals surface area contributed by atoms with Gasteiger partial charge in [0.25, 0.3) is 0 Å². The van der Waals surface area contributed by atoms with E-state index in [4.69, 9.17) is 37.9 Å². The summed E-state index contributed by atoms with van der Waals surface area (Å²) < 4.78 is 45.3. The molecule has 0 spiro atoms. The number of nitrogens with one attached hydrogen (secondary N) is 1. The second-order valence-electron chi connectivity index (χ2n) is 23.5. The number of cyclic esters (lactones) is 1. The average Bonchev–Trinajstić information content (AvgIpc) is 1.79.